The third-order valence-electron chi connectivity index (χ3n) is 3.35. The molecule has 0 saturated carbocycles. The van der Waals surface area contributed by atoms with E-state index in [9.17, 15) is 23.1 Å². The summed E-state index contributed by atoms with van der Waals surface area (Å²) in [6.45, 7) is 7.08. The Kier molecular flexibility index (Phi) is 6.04. The van der Waals surface area contributed by atoms with Gasteiger partial charge in [0.1, 0.15) is 5.75 Å². The second-order valence-electron chi connectivity index (χ2n) is 6.50. The first kappa shape index (κ1) is 19.3. The SMILES string of the molecule is CC(NC(=O)CC(O)C(C)(C)C)c1cccc(OC(F)(F)F)c1. The molecule has 0 bridgehead atoms. The van der Waals surface area contributed by atoms with Crippen molar-refractivity contribution in [2.75, 3.05) is 0 Å². The zero-order chi connectivity index (χ0) is 17.8. The van der Waals surface area contributed by atoms with Crippen LogP contribution in [0.5, 0.6) is 5.75 Å². The van der Waals surface area contributed by atoms with Gasteiger partial charge in [-0.15, -0.1) is 13.2 Å². The number of rotatable bonds is 5. The molecule has 0 aromatic heterocycles. The number of aliphatic hydroxyl groups is 1. The monoisotopic (exact) mass is 333 g/mol. The van der Waals surface area contributed by atoms with Crippen LogP contribution in [0.25, 0.3) is 0 Å². The van der Waals surface area contributed by atoms with Gasteiger partial charge in [0, 0.05) is 0 Å². The van der Waals surface area contributed by atoms with Crippen LogP contribution in [0.15, 0.2) is 24.3 Å². The summed E-state index contributed by atoms with van der Waals surface area (Å²) >= 11 is 0. The number of benzene rings is 1. The van der Waals surface area contributed by atoms with Crippen molar-refractivity contribution in [3.63, 3.8) is 0 Å². The van der Waals surface area contributed by atoms with E-state index in [1.54, 1.807) is 13.0 Å². The lowest BCUT2D eigenvalue weighted by molar-refractivity contribution is -0.274. The van der Waals surface area contributed by atoms with Gasteiger partial charge >= 0.3 is 6.36 Å². The highest BCUT2D eigenvalue weighted by atomic mass is 19.4. The van der Waals surface area contributed by atoms with Crippen LogP contribution in [-0.4, -0.2) is 23.5 Å². The molecule has 2 unspecified atom stereocenters. The Balaban J connectivity index is 2.69. The van der Waals surface area contributed by atoms with Crippen LogP contribution in [0.4, 0.5) is 13.2 Å². The standard InChI is InChI=1S/C16H22F3NO3/c1-10(20-14(22)9-13(21)15(2,3)4)11-6-5-7-12(8-11)23-16(17,18)19/h5-8,10,13,21H,9H2,1-4H3,(H,20,22). The molecule has 130 valence electrons. The van der Waals surface area contributed by atoms with E-state index in [2.05, 4.69) is 10.1 Å². The Morgan fingerprint density at radius 3 is 2.43 bits per heavy atom. The largest absolute Gasteiger partial charge is 0.573 e. The molecule has 0 aliphatic rings. The lowest BCUT2D eigenvalue weighted by Crippen LogP contribution is -2.35. The Morgan fingerprint density at radius 2 is 1.91 bits per heavy atom. The van der Waals surface area contributed by atoms with Crippen molar-refractivity contribution in [2.24, 2.45) is 5.41 Å². The highest BCUT2D eigenvalue weighted by Crippen LogP contribution is 2.26. The fourth-order valence-electron chi connectivity index (χ4n) is 1.85. The molecule has 0 saturated heterocycles. The molecule has 0 spiro atoms. The van der Waals surface area contributed by atoms with E-state index in [4.69, 9.17) is 0 Å². The summed E-state index contributed by atoms with van der Waals surface area (Å²) in [7, 11) is 0. The van der Waals surface area contributed by atoms with Crippen LogP contribution in [0.1, 0.15) is 45.7 Å². The molecule has 0 aliphatic heterocycles. The number of amides is 1. The number of carbonyl (C=O) groups is 1. The number of ether oxygens (including phenoxy) is 1. The maximum absolute atomic E-state index is 12.2. The molecule has 1 aromatic carbocycles. The Labute approximate surface area is 133 Å². The average molecular weight is 333 g/mol. The van der Waals surface area contributed by atoms with Crippen molar-refractivity contribution >= 4 is 5.91 Å². The molecular formula is C16H22F3NO3. The van der Waals surface area contributed by atoms with Gasteiger partial charge in [-0.1, -0.05) is 32.9 Å². The van der Waals surface area contributed by atoms with E-state index in [1.807, 2.05) is 20.8 Å². The molecule has 1 rings (SSSR count). The number of carbonyl (C=O) groups excluding carboxylic acids is 1. The van der Waals surface area contributed by atoms with E-state index in [-0.39, 0.29) is 18.1 Å². The first-order chi connectivity index (χ1) is 10.4. The quantitative estimate of drug-likeness (QED) is 0.866. The van der Waals surface area contributed by atoms with Gasteiger partial charge in [-0.3, -0.25) is 4.79 Å². The summed E-state index contributed by atoms with van der Waals surface area (Å²) in [5.41, 5.74) is 0.0477. The van der Waals surface area contributed by atoms with Gasteiger partial charge in [0.05, 0.1) is 18.6 Å². The molecule has 23 heavy (non-hydrogen) atoms. The Bertz CT molecular complexity index is 538. The van der Waals surface area contributed by atoms with Crippen molar-refractivity contribution in [2.45, 2.75) is 52.6 Å². The summed E-state index contributed by atoms with van der Waals surface area (Å²) in [5, 5.41) is 12.6. The van der Waals surface area contributed by atoms with Crippen molar-refractivity contribution in [3.05, 3.63) is 29.8 Å². The topological polar surface area (TPSA) is 58.6 Å². The molecule has 4 nitrogen and oxygen atoms in total. The van der Waals surface area contributed by atoms with Crippen LogP contribution in [-0.2, 0) is 4.79 Å². The summed E-state index contributed by atoms with van der Waals surface area (Å²) in [6.07, 6.45) is -5.65. The van der Waals surface area contributed by atoms with Crippen LogP contribution >= 0.6 is 0 Å². The Morgan fingerprint density at radius 1 is 1.30 bits per heavy atom. The molecule has 7 heteroatoms. The molecule has 0 radical (unpaired) electrons. The normalized spacial score (nSPS) is 15.0. The van der Waals surface area contributed by atoms with Gasteiger partial charge in [-0.25, -0.2) is 0 Å². The average Bonchev–Trinajstić information content (AvgIpc) is 2.35. The molecule has 2 atom stereocenters. The number of aliphatic hydroxyl groups excluding tert-OH is 1. The third kappa shape index (κ3) is 6.90. The van der Waals surface area contributed by atoms with Gasteiger partial charge in [0.15, 0.2) is 0 Å². The fourth-order valence-corrected chi connectivity index (χ4v) is 1.85. The fraction of sp³-hybridized carbons (Fsp3) is 0.562. The second-order valence-corrected chi connectivity index (χ2v) is 6.50. The smallest absolute Gasteiger partial charge is 0.406 e. The van der Waals surface area contributed by atoms with Crippen molar-refractivity contribution < 1.29 is 27.8 Å². The predicted octanol–water partition coefficient (Wildman–Crippen LogP) is 3.56. The molecule has 0 aliphatic carbocycles. The maximum atomic E-state index is 12.2. The number of nitrogens with one attached hydrogen (secondary N) is 1. The zero-order valence-electron chi connectivity index (χ0n) is 13.6. The van der Waals surface area contributed by atoms with Crippen molar-refractivity contribution in [1.82, 2.24) is 5.32 Å². The van der Waals surface area contributed by atoms with Crippen LogP contribution in [0.2, 0.25) is 0 Å². The summed E-state index contributed by atoms with van der Waals surface area (Å²) in [5.74, 6) is -0.715. The number of halogens is 3. The highest BCUT2D eigenvalue weighted by molar-refractivity contribution is 5.77. The number of hydrogen-bond acceptors (Lipinski definition) is 3. The van der Waals surface area contributed by atoms with E-state index in [1.165, 1.54) is 18.2 Å². The van der Waals surface area contributed by atoms with Gasteiger partial charge < -0.3 is 15.2 Å². The van der Waals surface area contributed by atoms with Crippen molar-refractivity contribution in [3.8, 4) is 5.75 Å². The molecule has 2 N–H and O–H groups in total. The van der Waals surface area contributed by atoms with Gasteiger partial charge in [-0.05, 0) is 30.0 Å². The molecule has 1 aromatic rings. The van der Waals surface area contributed by atoms with Crippen LogP contribution in [0, 0.1) is 5.41 Å². The highest BCUT2D eigenvalue weighted by Gasteiger charge is 2.31. The minimum atomic E-state index is -4.76. The maximum Gasteiger partial charge on any atom is 0.573 e. The van der Waals surface area contributed by atoms with Crippen LogP contribution in [0.3, 0.4) is 0 Å². The van der Waals surface area contributed by atoms with Gasteiger partial charge in [0.25, 0.3) is 0 Å². The summed E-state index contributed by atoms with van der Waals surface area (Å²) in [6, 6.07) is 4.91. The zero-order valence-corrected chi connectivity index (χ0v) is 13.6. The molecular weight excluding hydrogens is 311 g/mol. The summed E-state index contributed by atoms with van der Waals surface area (Å²) in [4.78, 5) is 11.9. The number of hydrogen-bond donors (Lipinski definition) is 2. The van der Waals surface area contributed by atoms with E-state index in [0.29, 0.717) is 5.56 Å². The van der Waals surface area contributed by atoms with Crippen LogP contribution < -0.4 is 10.1 Å². The van der Waals surface area contributed by atoms with E-state index in [0.717, 1.165) is 0 Å². The van der Waals surface area contributed by atoms with Gasteiger partial charge in [0.2, 0.25) is 5.91 Å². The van der Waals surface area contributed by atoms with E-state index >= 15 is 0 Å². The second kappa shape index (κ2) is 7.21. The van der Waals surface area contributed by atoms with Gasteiger partial charge in [-0.2, -0.15) is 0 Å². The molecule has 0 heterocycles. The summed E-state index contributed by atoms with van der Waals surface area (Å²) < 4.78 is 40.5. The van der Waals surface area contributed by atoms with Crippen molar-refractivity contribution in [1.29, 1.82) is 0 Å². The van der Waals surface area contributed by atoms with E-state index < -0.39 is 23.9 Å². The lowest BCUT2D eigenvalue weighted by Gasteiger charge is -2.26. The molecule has 1 amide bonds. The Hall–Kier alpha value is -1.76. The third-order valence-corrected chi connectivity index (χ3v) is 3.35. The lowest BCUT2D eigenvalue weighted by atomic mass is 9.87. The minimum absolute atomic E-state index is 0.0768. The first-order valence-electron chi connectivity index (χ1n) is 7.21. The number of alkyl halides is 3. The first-order valence-corrected chi connectivity index (χ1v) is 7.21. The predicted molar refractivity (Wildman–Crippen MR) is 79.8 cm³/mol. The molecule has 0 fully saturated rings. The minimum Gasteiger partial charge on any atom is -0.406 e.